The largest absolute Gasteiger partial charge is 0.344 e. The number of hydrogen-bond acceptors (Lipinski definition) is 2. The maximum atomic E-state index is 11.8. The van der Waals surface area contributed by atoms with Crippen LogP contribution in [-0.2, 0) is 6.54 Å². The average molecular weight is 234 g/mol. The van der Waals surface area contributed by atoms with Gasteiger partial charge >= 0.3 is 6.03 Å². The van der Waals surface area contributed by atoms with Crippen LogP contribution >= 0.6 is 0 Å². The Morgan fingerprint density at radius 3 is 2.47 bits per heavy atom. The molecule has 0 radical (unpaired) electrons. The van der Waals surface area contributed by atoms with Crippen molar-refractivity contribution in [3.63, 3.8) is 0 Å². The molecule has 0 unspecified atom stereocenters. The van der Waals surface area contributed by atoms with Crippen LogP contribution < -0.4 is 0 Å². The van der Waals surface area contributed by atoms with Gasteiger partial charge in [0, 0.05) is 18.5 Å². The van der Waals surface area contributed by atoms with Crippen LogP contribution in [0.3, 0.4) is 0 Å². The van der Waals surface area contributed by atoms with Crippen molar-refractivity contribution in [3.05, 3.63) is 35.9 Å². The predicted octanol–water partition coefficient (Wildman–Crippen LogP) is 2.34. The maximum absolute atomic E-state index is 11.8. The molecule has 0 saturated carbocycles. The minimum atomic E-state index is -0.312. The second kappa shape index (κ2) is 4.37. The summed E-state index contributed by atoms with van der Waals surface area (Å²) in [4.78, 5) is 13.5. The molecule has 1 saturated heterocycles. The van der Waals surface area contributed by atoms with Crippen LogP contribution in [0.25, 0.3) is 0 Å². The molecule has 2 amide bonds. The van der Waals surface area contributed by atoms with Gasteiger partial charge in [-0.2, -0.15) is 0 Å². The third-order valence-corrected chi connectivity index (χ3v) is 2.90. The van der Waals surface area contributed by atoms with Crippen LogP contribution in [0.4, 0.5) is 4.79 Å². The Morgan fingerprint density at radius 1 is 1.35 bits per heavy atom. The SMILES string of the molecule is CC1(C)CN(C(=O)N(O)Cc2ccccc2)C1. The summed E-state index contributed by atoms with van der Waals surface area (Å²) in [6.07, 6.45) is 0. The Balaban J connectivity index is 1.89. The molecular weight excluding hydrogens is 216 g/mol. The summed E-state index contributed by atoms with van der Waals surface area (Å²) in [5, 5.41) is 10.5. The predicted molar refractivity (Wildman–Crippen MR) is 64.5 cm³/mol. The van der Waals surface area contributed by atoms with Crippen molar-refractivity contribution in [1.29, 1.82) is 0 Å². The van der Waals surface area contributed by atoms with Crippen molar-refractivity contribution in [2.45, 2.75) is 20.4 Å². The number of carbonyl (C=O) groups is 1. The zero-order chi connectivity index (χ0) is 12.5. The first-order chi connectivity index (χ1) is 7.98. The van der Waals surface area contributed by atoms with Gasteiger partial charge in [0.2, 0.25) is 0 Å². The highest BCUT2D eigenvalue weighted by Gasteiger charge is 2.38. The molecule has 92 valence electrons. The van der Waals surface area contributed by atoms with Gasteiger partial charge in [0.05, 0.1) is 6.54 Å². The van der Waals surface area contributed by atoms with E-state index >= 15 is 0 Å². The third kappa shape index (κ3) is 2.77. The van der Waals surface area contributed by atoms with Crippen molar-refractivity contribution in [3.8, 4) is 0 Å². The van der Waals surface area contributed by atoms with Crippen LogP contribution in [0.15, 0.2) is 30.3 Å². The number of amides is 2. The molecule has 17 heavy (non-hydrogen) atoms. The van der Waals surface area contributed by atoms with E-state index in [1.807, 2.05) is 30.3 Å². The van der Waals surface area contributed by atoms with E-state index in [1.165, 1.54) is 0 Å². The fourth-order valence-electron chi connectivity index (χ4n) is 2.11. The molecule has 4 nitrogen and oxygen atoms in total. The first-order valence-corrected chi connectivity index (χ1v) is 5.77. The van der Waals surface area contributed by atoms with E-state index in [1.54, 1.807) is 4.90 Å². The molecule has 0 aromatic heterocycles. The Bertz CT molecular complexity index is 395. The molecule has 0 atom stereocenters. The summed E-state index contributed by atoms with van der Waals surface area (Å²) in [6.45, 7) is 5.86. The fourth-order valence-corrected chi connectivity index (χ4v) is 2.11. The Labute approximate surface area is 101 Å². The quantitative estimate of drug-likeness (QED) is 0.630. The molecule has 1 N–H and O–H groups in total. The smallest absolute Gasteiger partial charge is 0.322 e. The fraction of sp³-hybridized carbons (Fsp3) is 0.462. The van der Waals surface area contributed by atoms with E-state index in [2.05, 4.69) is 13.8 Å². The molecule has 0 spiro atoms. The summed E-state index contributed by atoms with van der Waals surface area (Å²) in [6, 6.07) is 9.15. The highest BCUT2D eigenvalue weighted by molar-refractivity contribution is 5.74. The topological polar surface area (TPSA) is 43.8 Å². The first kappa shape index (κ1) is 11.9. The number of rotatable bonds is 2. The van der Waals surface area contributed by atoms with Crippen LogP contribution in [0, 0.1) is 5.41 Å². The molecule has 1 heterocycles. The second-order valence-corrected chi connectivity index (χ2v) is 5.35. The summed E-state index contributed by atoms with van der Waals surface area (Å²) in [5.41, 5.74) is 1.10. The molecular formula is C13H18N2O2. The van der Waals surface area contributed by atoms with Crippen molar-refractivity contribution in [2.24, 2.45) is 5.41 Å². The van der Waals surface area contributed by atoms with Gasteiger partial charge in [0.15, 0.2) is 0 Å². The molecule has 1 aliphatic rings. The van der Waals surface area contributed by atoms with E-state index in [0.29, 0.717) is 13.1 Å². The van der Waals surface area contributed by atoms with Crippen molar-refractivity contribution < 1.29 is 10.0 Å². The minimum absolute atomic E-state index is 0.184. The van der Waals surface area contributed by atoms with Crippen molar-refractivity contribution in [2.75, 3.05) is 13.1 Å². The Kier molecular flexibility index (Phi) is 3.07. The standard InChI is InChI=1S/C13H18N2O2/c1-13(2)9-14(10-13)12(16)15(17)8-11-6-4-3-5-7-11/h3-7,17H,8-10H2,1-2H3. The van der Waals surface area contributed by atoms with Crippen LogP contribution in [0.2, 0.25) is 0 Å². The van der Waals surface area contributed by atoms with Gasteiger partial charge in [-0.15, -0.1) is 0 Å². The lowest BCUT2D eigenvalue weighted by Crippen LogP contribution is -2.58. The zero-order valence-corrected chi connectivity index (χ0v) is 10.3. The highest BCUT2D eigenvalue weighted by Crippen LogP contribution is 2.29. The zero-order valence-electron chi connectivity index (χ0n) is 10.3. The monoisotopic (exact) mass is 234 g/mol. The van der Waals surface area contributed by atoms with Gasteiger partial charge in [0.1, 0.15) is 0 Å². The molecule has 4 heteroatoms. The molecule has 1 fully saturated rings. The summed E-state index contributed by atoms with van der Waals surface area (Å²) in [7, 11) is 0. The van der Waals surface area contributed by atoms with Gasteiger partial charge in [-0.05, 0) is 5.56 Å². The molecule has 1 aromatic carbocycles. The molecule has 1 aliphatic heterocycles. The minimum Gasteiger partial charge on any atom is -0.322 e. The number of likely N-dealkylation sites (tertiary alicyclic amines) is 1. The lowest BCUT2D eigenvalue weighted by Gasteiger charge is -2.46. The van der Waals surface area contributed by atoms with Gasteiger partial charge in [0.25, 0.3) is 0 Å². The number of carbonyl (C=O) groups excluding carboxylic acids is 1. The Morgan fingerprint density at radius 2 is 1.94 bits per heavy atom. The van der Waals surface area contributed by atoms with E-state index < -0.39 is 0 Å². The van der Waals surface area contributed by atoms with Crippen LogP contribution in [0.1, 0.15) is 19.4 Å². The summed E-state index contributed by atoms with van der Waals surface area (Å²) >= 11 is 0. The van der Waals surface area contributed by atoms with Crippen LogP contribution in [-0.4, -0.2) is 34.3 Å². The Hall–Kier alpha value is -1.55. The average Bonchev–Trinajstić information content (AvgIpc) is 2.26. The van der Waals surface area contributed by atoms with Crippen molar-refractivity contribution >= 4 is 6.03 Å². The lowest BCUT2D eigenvalue weighted by atomic mass is 9.85. The highest BCUT2D eigenvalue weighted by atomic mass is 16.5. The van der Waals surface area contributed by atoms with E-state index in [0.717, 1.165) is 10.6 Å². The van der Waals surface area contributed by atoms with E-state index in [4.69, 9.17) is 0 Å². The number of hydroxylamine groups is 2. The van der Waals surface area contributed by atoms with Gasteiger partial charge in [-0.25, -0.2) is 9.86 Å². The number of hydrogen-bond donors (Lipinski definition) is 1. The normalized spacial score (nSPS) is 17.5. The lowest BCUT2D eigenvalue weighted by molar-refractivity contribution is -0.0817. The second-order valence-electron chi connectivity index (χ2n) is 5.35. The number of urea groups is 1. The maximum Gasteiger partial charge on any atom is 0.344 e. The third-order valence-electron chi connectivity index (χ3n) is 2.90. The van der Waals surface area contributed by atoms with Gasteiger partial charge in [-0.1, -0.05) is 44.2 Å². The summed E-state index contributed by atoms with van der Waals surface area (Å²) < 4.78 is 0. The molecule has 0 aliphatic carbocycles. The van der Waals surface area contributed by atoms with E-state index in [-0.39, 0.29) is 18.0 Å². The summed E-state index contributed by atoms with van der Waals surface area (Å²) in [5.74, 6) is 0. The first-order valence-electron chi connectivity index (χ1n) is 5.77. The number of nitrogens with zero attached hydrogens (tertiary/aromatic N) is 2. The molecule has 1 aromatic rings. The molecule has 2 rings (SSSR count). The van der Waals surface area contributed by atoms with Crippen LogP contribution in [0.5, 0.6) is 0 Å². The van der Waals surface area contributed by atoms with Gasteiger partial charge in [-0.3, -0.25) is 5.21 Å². The molecule has 0 bridgehead atoms. The van der Waals surface area contributed by atoms with Crippen molar-refractivity contribution in [1.82, 2.24) is 9.96 Å². The number of benzene rings is 1. The van der Waals surface area contributed by atoms with Gasteiger partial charge < -0.3 is 4.90 Å². The van der Waals surface area contributed by atoms with E-state index in [9.17, 15) is 10.0 Å².